The van der Waals surface area contributed by atoms with Crippen LogP contribution in [0.1, 0.15) is 26.7 Å². The molecule has 5 heteroatoms. The highest BCUT2D eigenvalue weighted by Gasteiger charge is 2.20. The van der Waals surface area contributed by atoms with E-state index in [1.165, 1.54) is 0 Å². The van der Waals surface area contributed by atoms with Crippen LogP contribution in [0.15, 0.2) is 0 Å². The van der Waals surface area contributed by atoms with Gasteiger partial charge >= 0.3 is 0 Å². The summed E-state index contributed by atoms with van der Waals surface area (Å²) in [5, 5.41) is 2.93. The topological polar surface area (TPSA) is 73.6 Å². The van der Waals surface area contributed by atoms with Crippen molar-refractivity contribution in [1.29, 1.82) is 0 Å². The highest BCUT2D eigenvalue weighted by atomic mass is 16.5. The summed E-state index contributed by atoms with van der Waals surface area (Å²) in [6.07, 6.45) is 1.76. The van der Waals surface area contributed by atoms with Gasteiger partial charge < -0.3 is 20.5 Å². The van der Waals surface area contributed by atoms with Crippen molar-refractivity contribution in [3.63, 3.8) is 0 Å². The molecule has 0 aliphatic carbocycles. The van der Waals surface area contributed by atoms with E-state index in [1.54, 1.807) is 0 Å². The highest BCUT2D eigenvalue weighted by Crippen LogP contribution is 2.08. The van der Waals surface area contributed by atoms with Gasteiger partial charge in [0, 0.05) is 25.8 Å². The standard InChI is InChI=1S/C11H22N2O3/c1-11(2,8-12)16-7-10(14)13-9-3-5-15-6-4-9/h9H,3-8,12H2,1-2H3,(H,13,14). The van der Waals surface area contributed by atoms with Gasteiger partial charge in [-0.3, -0.25) is 4.79 Å². The second kappa shape index (κ2) is 6.18. The number of carbonyl (C=O) groups excluding carboxylic acids is 1. The highest BCUT2D eigenvalue weighted by molar-refractivity contribution is 5.77. The third kappa shape index (κ3) is 4.92. The Morgan fingerprint density at radius 1 is 1.50 bits per heavy atom. The molecule has 0 unspecified atom stereocenters. The molecule has 1 saturated heterocycles. The maximum atomic E-state index is 11.6. The Hall–Kier alpha value is -0.650. The number of nitrogens with two attached hydrogens (primary N) is 1. The number of amides is 1. The Morgan fingerprint density at radius 3 is 2.69 bits per heavy atom. The van der Waals surface area contributed by atoms with Crippen molar-refractivity contribution < 1.29 is 14.3 Å². The minimum absolute atomic E-state index is 0.0710. The van der Waals surface area contributed by atoms with E-state index in [0.29, 0.717) is 6.54 Å². The van der Waals surface area contributed by atoms with Gasteiger partial charge in [0.25, 0.3) is 0 Å². The average Bonchev–Trinajstić information content (AvgIpc) is 2.28. The molecular formula is C11H22N2O3. The van der Waals surface area contributed by atoms with Gasteiger partial charge in [0.2, 0.25) is 5.91 Å². The van der Waals surface area contributed by atoms with Crippen molar-refractivity contribution >= 4 is 5.91 Å². The SMILES string of the molecule is CC(C)(CN)OCC(=O)NC1CCOCC1. The lowest BCUT2D eigenvalue weighted by molar-refractivity contribution is -0.132. The number of ether oxygens (including phenoxy) is 2. The maximum absolute atomic E-state index is 11.6. The van der Waals surface area contributed by atoms with Crippen molar-refractivity contribution in [3.05, 3.63) is 0 Å². The number of carbonyl (C=O) groups is 1. The van der Waals surface area contributed by atoms with Gasteiger partial charge in [0.1, 0.15) is 6.61 Å². The van der Waals surface area contributed by atoms with Gasteiger partial charge in [0.05, 0.1) is 5.60 Å². The molecule has 1 aliphatic heterocycles. The minimum atomic E-state index is -0.437. The molecular weight excluding hydrogens is 208 g/mol. The van der Waals surface area contributed by atoms with E-state index in [-0.39, 0.29) is 18.6 Å². The Labute approximate surface area is 96.7 Å². The van der Waals surface area contributed by atoms with Crippen LogP contribution in [0.25, 0.3) is 0 Å². The molecule has 1 heterocycles. The van der Waals surface area contributed by atoms with E-state index < -0.39 is 5.60 Å². The molecule has 1 amide bonds. The third-order valence-corrected chi connectivity index (χ3v) is 2.67. The predicted octanol–water partition coefficient (Wildman–Crippen LogP) is 0.0355. The molecule has 0 spiro atoms. The van der Waals surface area contributed by atoms with E-state index in [0.717, 1.165) is 26.1 Å². The van der Waals surface area contributed by atoms with Crippen molar-refractivity contribution in [2.24, 2.45) is 5.73 Å². The molecule has 0 aromatic carbocycles. The second-order valence-electron chi connectivity index (χ2n) is 4.71. The quantitative estimate of drug-likeness (QED) is 0.699. The molecule has 0 aromatic heterocycles. The maximum Gasteiger partial charge on any atom is 0.246 e. The fourth-order valence-electron chi connectivity index (χ4n) is 1.43. The summed E-state index contributed by atoms with van der Waals surface area (Å²) >= 11 is 0. The minimum Gasteiger partial charge on any atom is -0.381 e. The Kier molecular flexibility index (Phi) is 5.18. The number of nitrogens with one attached hydrogen (secondary N) is 1. The normalized spacial score (nSPS) is 18.4. The van der Waals surface area contributed by atoms with Crippen LogP contribution < -0.4 is 11.1 Å². The molecule has 16 heavy (non-hydrogen) atoms. The first-order valence-corrected chi connectivity index (χ1v) is 5.74. The van der Waals surface area contributed by atoms with Gasteiger partial charge in [-0.2, -0.15) is 0 Å². The van der Waals surface area contributed by atoms with Crippen LogP contribution in [0, 0.1) is 0 Å². The summed E-state index contributed by atoms with van der Waals surface area (Å²) in [5.74, 6) is -0.0755. The van der Waals surface area contributed by atoms with Crippen LogP contribution in [0.2, 0.25) is 0 Å². The van der Waals surface area contributed by atoms with Crippen molar-refractivity contribution in [3.8, 4) is 0 Å². The lowest BCUT2D eigenvalue weighted by atomic mass is 10.1. The summed E-state index contributed by atoms with van der Waals surface area (Å²) in [6.45, 7) is 5.66. The first kappa shape index (κ1) is 13.4. The summed E-state index contributed by atoms with van der Waals surface area (Å²) in [5.41, 5.74) is 5.07. The summed E-state index contributed by atoms with van der Waals surface area (Å²) in [6, 6.07) is 0.228. The van der Waals surface area contributed by atoms with E-state index in [2.05, 4.69) is 5.32 Å². The van der Waals surface area contributed by atoms with Crippen LogP contribution in [-0.2, 0) is 14.3 Å². The molecule has 3 N–H and O–H groups in total. The van der Waals surface area contributed by atoms with Crippen LogP contribution in [-0.4, -0.2) is 43.9 Å². The van der Waals surface area contributed by atoms with Gasteiger partial charge in [-0.05, 0) is 26.7 Å². The molecule has 0 aromatic rings. The van der Waals surface area contributed by atoms with Crippen molar-refractivity contribution in [2.75, 3.05) is 26.4 Å². The van der Waals surface area contributed by atoms with E-state index >= 15 is 0 Å². The van der Waals surface area contributed by atoms with Gasteiger partial charge in [-0.1, -0.05) is 0 Å². The molecule has 0 atom stereocenters. The molecule has 94 valence electrons. The van der Waals surface area contributed by atoms with Crippen molar-refractivity contribution in [1.82, 2.24) is 5.32 Å². The number of hydrogen-bond donors (Lipinski definition) is 2. The molecule has 0 bridgehead atoms. The zero-order valence-electron chi connectivity index (χ0n) is 10.1. The van der Waals surface area contributed by atoms with Gasteiger partial charge in [0.15, 0.2) is 0 Å². The zero-order chi connectivity index (χ0) is 12.0. The van der Waals surface area contributed by atoms with Crippen molar-refractivity contribution in [2.45, 2.75) is 38.3 Å². The van der Waals surface area contributed by atoms with Crippen LogP contribution in [0.3, 0.4) is 0 Å². The first-order valence-electron chi connectivity index (χ1n) is 5.74. The van der Waals surface area contributed by atoms with E-state index in [4.69, 9.17) is 15.2 Å². The molecule has 0 radical (unpaired) electrons. The summed E-state index contributed by atoms with van der Waals surface area (Å²) in [4.78, 5) is 11.6. The lowest BCUT2D eigenvalue weighted by Gasteiger charge is -2.25. The monoisotopic (exact) mass is 230 g/mol. The predicted molar refractivity (Wildman–Crippen MR) is 61.1 cm³/mol. The van der Waals surface area contributed by atoms with E-state index in [9.17, 15) is 4.79 Å². The Balaban J connectivity index is 2.19. The molecule has 0 saturated carbocycles. The number of hydrogen-bond acceptors (Lipinski definition) is 4. The van der Waals surface area contributed by atoms with Crippen LogP contribution >= 0.6 is 0 Å². The first-order chi connectivity index (χ1) is 7.53. The fraction of sp³-hybridized carbons (Fsp3) is 0.909. The average molecular weight is 230 g/mol. The molecule has 1 rings (SSSR count). The summed E-state index contributed by atoms with van der Waals surface area (Å²) < 4.78 is 10.6. The molecule has 1 fully saturated rings. The second-order valence-corrected chi connectivity index (χ2v) is 4.71. The van der Waals surface area contributed by atoms with Gasteiger partial charge in [-0.15, -0.1) is 0 Å². The molecule has 5 nitrogen and oxygen atoms in total. The number of rotatable bonds is 5. The van der Waals surface area contributed by atoms with Crippen LogP contribution in [0.5, 0.6) is 0 Å². The third-order valence-electron chi connectivity index (χ3n) is 2.67. The Morgan fingerprint density at radius 2 is 2.12 bits per heavy atom. The zero-order valence-corrected chi connectivity index (χ0v) is 10.1. The smallest absolute Gasteiger partial charge is 0.246 e. The lowest BCUT2D eigenvalue weighted by Crippen LogP contribution is -2.43. The Bertz CT molecular complexity index is 225. The molecule has 1 aliphatic rings. The summed E-state index contributed by atoms with van der Waals surface area (Å²) in [7, 11) is 0. The largest absolute Gasteiger partial charge is 0.381 e. The van der Waals surface area contributed by atoms with Crippen LogP contribution in [0.4, 0.5) is 0 Å². The van der Waals surface area contributed by atoms with E-state index in [1.807, 2.05) is 13.8 Å². The van der Waals surface area contributed by atoms with Gasteiger partial charge in [-0.25, -0.2) is 0 Å². The fourth-order valence-corrected chi connectivity index (χ4v) is 1.43.